The Morgan fingerprint density at radius 1 is 0.857 bits per heavy atom. The van der Waals surface area contributed by atoms with E-state index in [2.05, 4.69) is 24.5 Å². The molecule has 0 unspecified atom stereocenters. The summed E-state index contributed by atoms with van der Waals surface area (Å²) < 4.78 is 13.2. The number of ether oxygens (including phenoxy) is 2. The Hall–Kier alpha value is -4.25. The molecule has 0 bridgehead atoms. The molecule has 5 aromatic rings. The number of fused-ring (bicyclic) bond motifs is 3. The molecule has 0 aliphatic rings. The van der Waals surface area contributed by atoms with Gasteiger partial charge in [-0.3, -0.25) is 0 Å². The highest BCUT2D eigenvalue weighted by Gasteiger charge is 2.22. The van der Waals surface area contributed by atoms with Gasteiger partial charge in [-0.05, 0) is 65.6 Å². The Labute approximate surface area is 204 Å². The summed E-state index contributed by atoms with van der Waals surface area (Å²) in [6.07, 6.45) is 0. The average molecular weight is 466 g/mol. The van der Waals surface area contributed by atoms with Gasteiger partial charge in [-0.2, -0.15) is 0 Å². The highest BCUT2D eigenvalue weighted by atomic mass is 16.5. The predicted octanol–water partition coefficient (Wildman–Crippen LogP) is 7.25. The van der Waals surface area contributed by atoms with Crippen molar-refractivity contribution in [3.63, 3.8) is 0 Å². The minimum absolute atomic E-state index is 0.160. The number of phenolic OH excluding ortho intramolecular Hbond substituents is 1. The molecular formula is C30H27NO4. The van der Waals surface area contributed by atoms with Crippen LogP contribution in [-0.2, 0) is 11.3 Å². The van der Waals surface area contributed by atoms with Gasteiger partial charge >= 0.3 is 5.97 Å². The lowest BCUT2D eigenvalue weighted by molar-refractivity contribution is 0.0603. The Kier molecular flexibility index (Phi) is 5.91. The molecule has 35 heavy (non-hydrogen) atoms. The third-order valence-corrected chi connectivity index (χ3v) is 6.28. The summed E-state index contributed by atoms with van der Waals surface area (Å²) in [5.41, 5.74) is 4.22. The zero-order valence-electron chi connectivity index (χ0n) is 20.0. The minimum atomic E-state index is -0.430. The number of phenols is 1. The molecule has 4 aromatic carbocycles. The van der Waals surface area contributed by atoms with Crippen LogP contribution in [0, 0.1) is 0 Å². The van der Waals surface area contributed by atoms with E-state index in [1.165, 1.54) is 7.11 Å². The number of aromatic nitrogens is 1. The average Bonchev–Trinajstić information content (AvgIpc) is 3.18. The monoisotopic (exact) mass is 465 g/mol. The Bertz CT molecular complexity index is 1530. The van der Waals surface area contributed by atoms with Crippen LogP contribution in [0.4, 0.5) is 0 Å². The fourth-order valence-corrected chi connectivity index (χ4v) is 4.56. The van der Waals surface area contributed by atoms with E-state index in [1.807, 2.05) is 66.7 Å². The summed E-state index contributed by atoms with van der Waals surface area (Å²) in [7, 11) is 1.37. The van der Waals surface area contributed by atoms with Crippen LogP contribution in [-0.4, -0.2) is 22.8 Å². The maximum Gasteiger partial charge on any atom is 0.338 e. The van der Waals surface area contributed by atoms with Gasteiger partial charge < -0.3 is 19.1 Å². The molecule has 0 amide bonds. The molecule has 1 heterocycles. The van der Waals surface area contributed by atoms with Crippen LogP contribution in [0.3, 0.4) is 0 Å². The fourth-order valence-electron chi connectivity index (χ4n) is 4.56. The first-order chi connectivity index (χ1) is 17.0. The largest absolute Gasteiger partial charge is 0.507 e. The molecule has 5 nitrogen and oxygen atoms in total. The molecule has 0 atom stereocenters. The normalized spacial score (nSPS) is 11.3. The van der Waals surface area contributed by atoms with E-state index in [0.717, 1.165) is 33.7 Å². The highest BCUT2D eigenvalue weighted by molar-refractivity contribution is 6.19. The standard InChI is InChI=1S/C30H27NO4/c1-19(2)21-16-26-29(27(32)17-21)28-24(30(33)34-3)13-8-14-25(28)31(26)18-20-9-7-12-23(15-20)35-22-10-5-4-6-11-22/h4-17,19,32H,18H2,1-3H3. The fraction of sp³-hybridized carbons (Fsp3) is 0.167. The lowest BCUT2D eigenvalue weighted by Gasteiger charge is -2.12. The van der Waals surface area contributed by atoms with Crippen molar-refractivity contribution in [2.75, 3.05) is 7.11 Å². The summed E-state index contributed by atoms with van der Waals surface area (Å²) in [5, 5.41) is 12.4. The molecule has 0 saturated heterocycles. The van der Waals surface area contributed by atoms with Crippen molar-refractivity contribution in [2.45, 2.75) is 26.3 Å². The van der Waals surface area contributed by atoms with Crippen LogP contribution in [0.15, 0.2) is 84.9 Å². The van der Waals surface area contributed by atoms with Gasteiger partial charge in [0.05, 0.1) is 29.1 Å². The van der Waals surface area contributed by atoms with Gasteiger partial charge in [-0.1, -0.05) is 50.2 Å². The number of methoxy groups -OCH3 is 1. The Balaban J connectivity index is 1.68. The number of aromatic hydroxyl groups is 1. The van der Waals surface area contributed by atoms with Crippen molar-refractivity contribution < 1.29 is 19.4 Å². The molecular weight excluding hydrogens is 438 g/mol. The van der Waals surface area contributed by atoms with Crippen LogP contribution in [0.25, 0.3) is 21.8 Å². The molecule has 0 radical (unpaired) electrons. The first-order valence-corrected chi connectivity index (χ1v) is 11.6. The number of esters is 1. The first-order valence-electron chi connectivity index (χ1n) is 11.6. The molecule has 0 saturated carbocycles. The number of para-hydroxylation sites is 1. The lowest BCUT2D eigenvalue weighted by Crippen LogP contribution is -2.03. The quantitative estimate of drug-likeness (QED) is 0.268. The maximum atomic E-state index is 12.6. The summed E-state index contributed by atoms with van der Waals surface area (Å²) in [5.74, 6) is 1.48. The number of benzene rings is 4. The van der Waals surface area contributed by atoms with Crippen molar-refractivity contribution in [3.05, 3.63) is 102 Å². The summed E-state index contributed by atoms with van der Waals surface area (Å²) in [4.78, 5) is 12.6. The number of rotatable bonds is 6. The summed E-state index contributed by atoms with van der Waals surface area (Å²) in [6.45, 7) is 4.73. The second kappa shape index (κ2) is 9.18. The van der Waals surface area contributed by atoms with Gasteiger partial charge in [0.2, 0.25) is 0 Å². The van der Waals surface area contributed by atoms with E-state index in [4.69, 9.17) is 9.47 Å². The second-order valence-electron chi connectivity index (χ2n) is 8.93. The Morgan fingerprint density at radius 3 is 2.34 bits per heavy atom. The summed E-state index contributed by atoms with van der Waals surface area (Å²) in [6, 6.07) is 27.1. The van der Waals surface area contributed by atoms with Gasteiger partial charge in [0, 0.05) is 11.9 Å². The molecule has 0 aliphatic carbocycles. The molecule has 176 valence electrons. The van der Waals surface area contributed by atoms with Gasteiger partial charge in [-0.15, -0.1) is 0 Å². The van der Waals surface area contributed by atoms with Gasteiger partial charge in [0.25, 0.3) is 0 Å². The molecule has 1 N–H and O–H groups in total. The number of hydrogen-bond acceptors (Lipinski definition) is 4. The summed E-state index contributed by atoms with van der Waals surface area (Å²) >= 11 is 0. The van der Waals surface area contributed by atoms with Crippen LogP contribution in [0.5, 0.6) is 17.2 Å². The van der Waals surface area contributed by atoms with Crippen LogP contribution in [0.1, 0.15) is 41.3 Å². The zero-order valence-corrected chi connectivity index (χ0v) is 20.0. The van der Waals surface area contributed by atoms with Gasteiger partial charge in [-0.25, -0.2) is 4.79 Å². The van der Waals surface area contributed by atoms with E-state index in [-0.39, 0.29) is 11.7 Å². The number of carbonyl (C=O) groups is 1. The maximum absolute atomic E-state index is 12.6. The second-order valence-corrected chi connectivity index (χ2v) is 8.93. The third-order valence-electron chi connectivity index (χ3n) is 6.28. The molecule has 1 aromatic heterocycles. The van der Waals surface area contributed by atoms with E-state index in [9.17, 15) is 9.90 Å². The Morgan fingerprint density at radius 2 is 1.60 bits per heavy atom. The molecule has 0 aliphatic heterocycles. The van der Waals surface area contributed by atoms with E-state index < -0.39 is 5.97 Å². The van der Waals surface area contributed by atoms with Crippen LogP contribution < -0.4 is 4.74 Å². The van der Waals surface area contributed by atoms with E-state index in [0.29, 0.717) is 22.9 Å². The van der Waals surface area contributed by atoms with Crippen molar-refractivity contribution in [1.82, 2.24) is 4.57 Å². The molecule has 5 heteroatoms. The molecule has 0 spiro atoms. The molecule has 5 rings (SSSR count). The van der Waals surface area contributed by atoms with Gasteiger partial charge in [0.15, 0.2) is 0 Å². The zero-order chi connectivity index (χ0) is 24.5. The smallest absolute Gasteiger partial charge is 0.338 e. The number of nitrogens with zero attached hydrogens (tertiary/aromatic N) is 1. The van der Waals surface area contributed by atoms with Crippen LogP contribution in [0.2, 0.25) is 0 Å². The van der Waals surface area contributed by atoms with Crippen molar-refractivity contribution in [3.8, 4) is 17.2 Å². The number of hydrogen-bond donors (Lipinski definition) is 1. The van der Waals surface area contributed by atoms with Gasteiger partial charge in [0.1, 0.15) is 17.2 Å². The predicted molar refractivity (Wildman–Crippen MR) is 139 cm³/mol. The van der Waals surface area contributed by atoms with E-state index in [1.54, 1.807) is 12.1 Å². The third kappa shape index (κ3) is 4.21. The van der Waals surface area contributed by atoms with Crippen molar-refractivity contribution in [2.24, 2.45) is 0 Å². The first kappa shape index (κ1) is 22.5. The van der Waals surface area contributed by atoms with E-state index >= 15 is 0 Å². The van der Waals surface area contributed by atoms with Crippen molar-refractivity contribution >= 4 is 27.8 Å². The number of carbonyl (C=O) groups excluding carboxylic acids is 1. The SMILES string of the molecule is COC(=O)c1cccc2c1c1c(O)cc(C(C)C)cc1n2Cc1cccc(Oc2ccccc2)c1. The topological polar surface area (TPSA) is 60.7 Å². The highest BCUT2D eigenvalue weighted by Crippen LogP contribution is 2.40. The minimum Gasteiger partial charge on any atom is -0.507 e. The van der Waals surface area contributed by atoms with Crippen LogP contribution >= 0.6 is 0 Å². The lowest BCUT2D eigenvalue weighted by atomic mass is 9.99. The van der Waals surface area contributed by atoms with Crippen molar-refractivity contribution in [1.29, 1.82) is 0 Å². The molecule has 0 fully saturated rings.